The van der Waals surface area contributed by atoms with Gasteiger partial charge in [-0.2, -0.15) is 0 Å². The van der Waals surface area contributed by atoms with Crippen molar-refractivity contribution in [2.45, 2.75) is 64.1 Å². The van der Waals surface area contributed by atoms with Gasteiger partial charge in [-0.25, -0.2) is 13.1 Å². The quantitative estimate of drug-likeness (QED) is 0.772. The Morgan fingerprint density at radius 2 is 2.10 bits per heavy atom. The van der Waals surface area contributed by atoms with E-state index >= 15 is 0 Å². The summed E-state index contributed by atoms with van der Waals surface area (Å²) in [7, 11) is -3.42. The predicted octanol–water partition coefficient (Wildman–Crippen LogP) is 2.08. The second-order valence-electron chi connectivity index (χ2n) is 5.83. The summed E-state index contributed by atoms with van der Waals surface area (Å²) in [6.07, 6.45) is 5.22. The average molecular weight is 313 g/mol. The third-order valence-corrected chi connectivity index (χ3v) is 5.89. The van der Waals surface area contributed by atoms with Crippen molar-refractivity contribution in [2.75, 3.05) is 6.54 Å². The molecule has 0 saturated heterocycles. The SMILES string of the molecule is CCNCc1cc(S(=O)(=O)NC(C)C2CCC2)cn1CC. The maximum Gasteiger partial charge on any atom is 0.242 e. The minimum absolute atomic E-state index is 0.0194. The molecule has 1 aromatic heterocycles. The Balaban J connectivity index is 2.13. The van der Waals surface area contributed by atoms with Crippen LogP contribution in [0.4, 0.5) is 0 Å². The van der Waals surface area contributed by atoms with Gasteiger partial charge in [0.15, 0.2) is 0 Å². The molecule has 2 rings (SSSR count). The molecular formula is C15H27N3O2S. The zero-order valence-corrected chi connectivity index (χ0v) is 14.0. The van der Waals surface area contributed by atoms with E-state index in [-0.39, 0.29) is 6.04 Å². The molecule has 0 amide bonds. The Morgan fingerprint density at radius 3 is 2.62 bits per heavy atom. The second-order valence-corrected chi connectivity index (χ2v) is 7.55. The minimum atomic E-state index is -3.42. The van der Waals surface area contributed by atoms with Gasteiger partial charge in [0.2, 0.25) is 10.0 Å². The first-order valence-electron chi connectivity index (χ1n) is 7.90. The molecule has 5 nitrogen and oxygen atoms in total. The number of aromatic nitrogens is 1. The van der Waals surface area contributed by atoms with Gasteiger partial charge in [-0.1, -0.05) is 13.3 Å². The number of hydrogen-bond donors (Lipinski definition) is 2. The third kappa shape index (κ3) is 3.87. The van der Waals surface area contributed by atoms with Crippen LogP contribution in [0.15, 0.2) is 17.2 Å². The highest BCUT2D eigenvalue weighted by Crippen LogP contribution is 2.30. The van der Waals surface area contributed by atoms with Gasteiger partial charge in [-0.05, 0) is 45.2 Å². The molecule has 1 aromatic rings. The van der Waals surface area contributed by atoms with Crippen LogP contribution in [0.1, 0.15) is 45.7 Å². The van der Waals surface area contributed by atoms with Crippen LogP contribution in [0.5, 0.6) is 0 Å². The highest BCUT2D eigenvalue weighted by molar-refractivity contribution is 7.89. The fourth-order valence-electron chi connectivity index (χ4n) is 2.72. The van der Waals surface area contributed by atoms with Gasteiger partial charge in [0.25, 0.3) is 0 Å². The van der Waals surface area contributed by atoms with Crippen LogP contribution in [0.2, 0.25) is 0 Å². The zero-order valence-electron chi connectivity index (χ0n) is 13.2. The smallest absolute Gasteiger partial charge is 0.242 e. The van der Waals surface area contributed by atoms with Crippen molar-refractivity contribution < 1.29 is 8.42 Å². The summed E-state index contributed by atoms with van der Waals surface area (Å²) < 4.78 is 29.8. The number of nitrogens with one attached hydrogen (secondary N) is 2. The summed E-state index contributed by atoms with van der Waals surface area (Å²) in [5.41, 5.74) is 1.01. The molecule has 6 heteroatoms. The number of nitrogens with zero attached hydrogens (tertiary/aromatic N) is 1. The van der Waals surface area contributed by atoms with E-state index in [1.807, 2.05) is 25.3 Å². The van der Waals surface area contributed by atoms with Gasteiger partial charge in [0.1, 0.15) is 0 Å². The summed E-state index contributed by atoms with van der Waals surface area (Å²) >= 11 is 0. The summed E-state index contributed by atoms with van der Waals surface area (Å²) in [6.45, 7) is 8.37. The van der Waals surface area contributed by atoms with E-state index in [0.717, 1.165) is 31.6 Å². The highest BCUT2D eigenvalue weighted by atomic mass is 32.2. The van der Waals surface area contributed by atoms with E-state index in [4.69, 9.17) is 0 Å². The second kappa shape index (κ2) is 6.94. The van der Waals surface area contributed by atoms with Crippen LogP contribution < -0.4 is 10.0 Å². The Labute approximate surface area is 128 Å². The summed E-state index contributed by atoms with van der Waals surface area (Å²) in [4.78, 5) is 0.378. The van der Waals surface area contributed by atoms with Gasteiger partial charge in [0, 0.05) is 31.0 Å². The van der Waals surface area contributed by atoms with Crippen molar-refractivity contribution in [1.29, 1.82) is 0 Å². The van der Waals surface area contributed by atoms with Crippen molar-refractivity contribution in [1.82, 2.24) is 14.6 Å². The van der Waals surface area contributed by atoms with Gasteiger partial charge < -0.3 is 9.88 Å². The van der Waals surface area contributed by atoms with Crippen LogP contribution in [0, 0.1) is 5.92 Å². The zero-order chi connectivity index (χ0) is 15.5. The highest BCUT2D eigenvalue weighted by Gasteiger charge is 2.28. The topological polar surface area (TPSA) is 63.1 Å². The van der Waals surface area contributed by atoms with Crippen LogP contribution in [0.25, 0.3) is 0 Å². The number of aryl methyl sites for hydroxylation is 1. The molecular weight excluding hydrogens is 286 g/mol. The van der Waals surface area contributed by atoms with E-state index in [0.29, 0.717) is 17.4 Å². The number of rotatable bonds is 8. The van der Waals surface area contributed by atoms with Crippen molar-refractivity contribution in [3.05, 3.63) is 18.0 Å². The largest absolute Gasteiger partial charge is 0.349 e. The molecule has 1 fully saturated rings. The molecule has 1 atom stereocenters. The van der Waals surface area contributed by atoms with Crippen LogP contribution in [-0.2, 0) is 23.1 Å². The third-order valence-electron chi connectivity index (χ3n) is 4.37. The van der Waals surface area contributed by atoms with Crippen molar-refractivity contribution in [3.63, 3.8) is 0 Å². The molecule has 120 valence electrons. The van der Waals surface area contributed by atoms with E-state index in [9.17, 15) is 8.42 Å². The standard InChI is InChI=1S/C15H27N3O2S/c1-4-16-10-14-9-15(11-18(14)5-2)21(19,20)17-12(3)13-7-6-8-13/h9,11-13,16-17H,4-8,10H2,1-3H3. The van der Waals surface area contributed by atoms with Gasteiger partial charge in [0.05, 0.1) is 4.90 Å². The normalized spacial score (nSPS) is 17.7. The van der Waals surface area contributed by atoms with E-state index in [1.54, 1.807) is 12.3 Å². The number of hydrogen-bond acceptors (Lipinski definition) is 3. The fraction of sp³-hybridized carbons (Fsp3) is 0.733. The molecule has 0 aromatic carbocycles. The van der Waals surface area contributed by atoms with Crippen molar-refractivity contribution >= 4 is 10.0 Å². The molecule has 0 radical (unpaired) electrons. The monoisotopic (exact) mass is 313 g/mol. The summed E-state index contributed by atoms with van der Waals surface area (Å²) in [5.74, 6) is 0.495. The first-order chi connectivity index (χ1) is 9.97. The molecule has 1 heterocycles. The average Bonchev–Trinajstić information content (AvgIpc) is 2.77. The van der Waals surface area contributed by atoms with E-state index in [1.165, 1.54) is 6.42 Å². The fourth-order valence-corrected chi connectivity index (χ4v) is 4.09. The molecule has 1 aliphatic rings. The van der Waals surface area contributed by atoms with Crippen LogP contribution in [0.3, 0.4) is 0 Å². The Bertz CT molecular complexity index is 561. The number of sulfonamides is 1. The Morgan fingerprint density at radius 1 is 1.38 bits per heavy atom. The first-order valence-corrected chi connectivity index (χ1v) is 9.38. The molecule has 1 saturated carbocycles. The molecule has 0 bridgehead atoms. The van der Waals surface area contributed by atoms with Crippen LogP contribution in [-0.4, -0.2) is 25.6 Å². The minimum Gasteiger partial charge on any atom is -0.349 e. The lowest BCUT2D eigenvalue weighted by molar-refractivity contribution is 0.260. The molecule has 2 N–H and O–H groups in total. The van der Waals surface area contributed by atoms with Gasteiger partial charge in [-0.3, -0.25) is 0 Å². The lowest BCUT2D eigenvalue weighted by Crippen LogP contribution is -2.40. The molecule has 0 spiro atoms. The Kier molecular flexibility index (Phi) is 5.46. The molecule has 0 aliphatic heterocycles. The van der Waals surface area contributed by atoms with E-state index in [2.05, 4.69) is 10.0 Å². The maximum atomic E-state index is 12.5. The van der Waals surface area contributed by atoms with E-state index < -0.39 is 10.0 Å². The first kappa shape index (κ1) is 16.5. The molecule has 1 unspecified atom stereocenters. The van der Waals surface area contributed by atoms with Gasteiger partial charge in [-0.15, -0.1) is 0 Å². The van der Waals surface area contributed by atoms with Gasteiger partial charge >= 0.3 is 0 Å². The van der Waals surface area contributed by atoms with Crippen LogP contribution >= 0.6 is 0 Å². The molecule has 21 heavy (non-hydrogen) atoms. The maximum absolute atomic E-state index is 12.5. The summed E-state index contributed by atoms with van der Waals surface area (Å²) in [5, 5.41) is 3.25. The lowest BCUT2D eigenvalue weighted by Gasteiger charge is -2.31. The van der Waals surface area contributed by atoms with Crippen molar-refractivity contribution in [3.8, 4) is 0 Å². The van der Waals surface area contributed by atoms with Crippen molar-refractivity contribution in [2.24, 2.45) is 5.92 Å². The summed E-state index contributed by atoms with van der Waals surface area (Å²) in [6, 6.07) is 1.80. The molecule has 1 aliphatic carbocycles. The lowest BCUT2D eigenvalue weighted by atomic mass is 9.81. The Hall–Kier alpha value is -0.850. The predicted molar refractivity (Wildman–Crippen MR) is 84.6 cm³/mol.